The van der Waals surface area contributed by atoms with Crippen molar-refractivity contribution >= 4 is 23.3 Å². The highest BCUT2D eigenvalue weighted by molar-refractivity contribution is 6.03. The van der Waals surface area contributed by atoms with Gasteiger partial charge in [-0.05, 0) is 12.1 Å². The maximum absolute atomic E-state index is 12.3. The van der Waals surface area contributed by atoms with Crippen molar-refractivity contribution in [2.45, 2.75) is 6.42 Å². The van der Waals surface area contributed by atoms with Crippen LogP contribution in [0.15, 0.2) is 36.5 Å². The smallest absolute Gasteiger partial charge is 0.231 e. The lowest BCUT2D eigenvalue weighted by Crippen LogP contribution is -2.28. The molecule has 0 radical (unpaired) electrons. The van der Waals surface area contributed by atoms with Gasteiger partial charge in [-0.3, -0.25) is 14.3 Å². The first-order valence-corrected chi connectivity index (χ1v) is 7.32. The summed E-state index contributed by atoms with van der Waals surface area (Å²) < 4.78 is 6.90. The van der Waals surface area contributed by atoms with Crippen molar-refractivity contribution in [1.29, 1.82) is 0 Å². The molecule has 2 heterocycles. The van der Waals surface area contributed by atoms with Crippen LogP contribution in [-0.2, 0) is 16.6 Å². The molecule has 3 rings (SSSR count). The fraction of sp³-hybridized carbons (Fsp3) is 0.312. The molecule has 0 unspecified atom stereocenters. The van der Waals surface area contributed by atoms with Crippen LogP contribution < -0.4 is 15.0 Å². The summed E-state index contributed by atoms with van der Waals surface area (Å²) in [5, 5.41) is 6.86. The molecular weight excluding hydrogens is 296 g/mol. The van der Waals surface area contributed by atoms with Crippen LogP contribution in [0.2, 0.25) is 0 Å². The number of carbonyl (C=O) groups excluding carboxylic acids is 2. The second-order valence-electron chi connectivity index (χ2n) is 5.44. The summed E-state index contributed by atoms with van der Waals surface area (Å²) >= 11 is 0. The third kappa shape index (κ3) is 3.03. The molecule has 7 heteroatoms. The molecule has 0 saturated carbocycles. The zero-order valence-corrected chi connectivity index (χ0v) is 13.0. The van der Waals surface area contributed by atoms with Gasteiger partial charge in [0.1, 0.15) is 5.75 Å². The van der Waals surface area contributed by atoms with Crippen LogP contribution in [0.3, 0.4) is 0 Å². The van der Waals surface area contributed by atoms with E-state index in [4.69, 9.17) is 4.74 Å². The molecule has 1 atom stereocenters. The SMILES string of the molecule is COc1ccccc1N1C[C@H](C(=O)Nc2ccn(C)n2)CC1=O. The molecule has 1 aliphatic heterocycles. The minimum absolute atomic E-state index is 0.0873. The van der Waals surface area contributed by atoms with Gasteiger partial charge in [0.2, 0.25) is 11.8 Å². The van der Waals surface area contributed by atoms with E-state index < -0.39 is 5.92 Å². The van der Waals surface area contributed by atoms with E-state index in [9.17, 15) is 9.59 Å². The third-order valence-corrected chi connectivity index (χ3v) is 3.84. The van der Waals surface area contributed by atoms with Gasteiger partial charge in [0.05, 0.1) is 18.7 Å². The Balaban J connectivity index is 1.73. The van der Waals surface area contributed by atoms with Crippen LogP contribution in [0.25, 0.3) is 0 Å². The molecule has 1 N–H and O–H groups in total. The Labute approximate surface area is 133 Å². The van der Waals surface area contributed by atoms with E-state index in [1.807, 2.05) is 18.2 Å². The lowest BCUT2D eigenvalue weighted by Gasteiger charge is -2.19. The van der Waals surface area contributed by atoms with Crippen molar-refractivity contribution in [3.63, 3.8) is 0 Å². The average Bonchev–Trinajstić information content (AvgIpc) is 3.13. The van der Waals surface area contributed by atoms with Crippen LogP contribution in [0.4, 0.5) is 11.5 Å². The van der Waals surface area contributed by atoms with E-state index in [0.717, 1.165) is 0 Å². The van der Waals surface area contributed by atoms with Gasteiger partial charge in [0.15, 0.2) is 5.82 Å². The second kappa shape index (κ2) is 6.12. The lowest BCUT2D eigenvalue weighted by atomic mass is 10.1. The van der Waals surface area contributed by atoms with Gasteiger partial charge in [-0.15, -0.1) is 0 Å². The Morgan fingerprint density at radius 1 is 1.35 bits per heavy atom. The topological polar surface area (TPSA) is 76.5 Å². The first-order chi connectivity index (χ1) is 11.1. The number of hydrogen-bond acceptors (Lipinski definition) is 4. The van der Waals surface area contributed by atoms with Crippen LogP contribution >= 0.6 is 0 Å². The van der Waals surface area contributed by atoms with Gasteiger partial charge in [-0.2, -0.15) is 5.10 Å². The second-order valence-corrected chi connectivity index (χ2v) is 5.44. The predicted molar refractivity (Wildman–Crippen MR) is 85.3 cm³/mol. The molecule has 0 spiro atoms. The molecule has 1 saturated heterocycles. The summed E-state index contributed by atoms with van der Waals surface area (Å²) in [6.07, 6.45) is 1.92. The van der Waals surface area contributed by atoms with Crippen LogP contribution in [0, 0.1) is 5.92 Å². The van der Waals surface area contributed by atoms with E-state index in [1.54, 1.807) is 42.1 Å². The summed E-state index contributed by atoms with van der Waals surface area (Å²) in [4.78, 5) is 26.2. The van der Waals surface area contributed by atoms with Crippen molar-refractivity contribution in [2.24, 2.45) is 13.0 Å². The number of hydrogen-bond donors (Lipinski definition) is 1. The van der Waals surface area contributed by atoms with Crippen LogP contribution in [0.5, 0.6) is 5.75 Å². The van der Waals surface area contributed by atoms with Crippen molar-refractivity contribution in [3.05, 3.63) is 36.5 Å². The van der Waals surface area contributed by atoms with E-state index in [2.05, 4.69) is 10.4 Å². The maximum Gasteiger partial charge on any atom is 0.231 e. The zero-order valence-electron chi connectivity index (χ0n) is 13.0. The number of amides is 2. The standard InChI is InChI=1S/C16H18N4O3/c1-19-8-7-14(18-19)17-16(22)11-9-15(21)20(10-11)12-5-3-4-6-13(12)23-2/h3-8,11H,9-10H2,1-2H3,(H,17,18,22)/t11-/m1/s1. The Morgan fingerprint density at radius 2 is 2.13 bits per heavy atom. The fourth-order valence-corrected chi connectivity index (χ4v) is 2.68. The molecule has 1 aliphatic rings. The molecule has 23 heavy (non-hydrogen) atoms. The molecule has 120 valence electrons. The third-order valence-electron chi connectivity index (χ3n) is 3.84. The molecule has 2 aromatic rings. The summed E-state index contributed by atoms with van der Waals surface area (Å²) in [6, 6.07) is 9.01. The zero-order chi connectivity index (χ0) is 16.4. The fourth-order valence-electron chi connectivity index (χ4n) is 2.68. The Morgan fingerprint density at radius 3 is 2.83 bits per heavy atom. The van der Waals surface area contributed by atoms with Crippen LogP contribution in [-0.4, -0.2) is 35.2 Å². The number of aryl methyl sites for hydroxylation is 1. The Kier molecular flexibility index (Phi) is 4.01. The van der Waals surface area contributed by atoms with Gasteiger partial charge in [0.25, 0.3) is 0 Å². The highest BCUT2D eigenvalue weighted by Gasteiger charge is 2.36. The number of carbonyl (C=O) groups is 2. The lowest BCUT2D eigenvalue weighted by molar-refractivity contribution is -0.122. The van der Waals surface area contributed by atoms with E-state index in [0.29, 0.717) is 23.8 Å². The van der Waals surface area contributed by atoms with Gasteiger partial charge < -0.3 is 15.0 Å². The summed E-state index contributed by atoms with van der Waals surface area (Å²) in [5.41, 5.74) is 0.688. The first kappa shape index (κ1) is 15.1. The molecule has 1 fully saturated rings. The van der Waals surface area contributed by atoms with E-state index in [1.165, 1.54) is 0 Å². The molecule has 0 aliphatic carbocycles. The Bertz CT molecular complexity index is 740. The van der Waals surface area contributed by atoms with Crippen molar-refractivity contribution in [1.82, 2.24) is 9.78 Å². The maximum atomic E-state index is 12.3. The predicted octanol–water partition coefficient (Wildman–Crippen LogP) is 1.42. The molecule has 1 aromatic carbocycles. The molecule has 7 nitrogen and oxygen atoms in total. The average molecular weight is 314 g/mol. The van der Waals surface area contributed by atoms with Gasteiger partial charge in [0, 0.05) is 32.3 Å². The number of nitrogens with one attached hydrogen (secondary N) is 1. The number of nitrogens with zero attached hydrogens (tertiary/aromatic N) is 3. The largest absolute Gasteiger partial charge is 0.495 e. The monoisotopic (exact) mass is 314 g/mol. The number of benzene rings is 1. The summed E-state index contributed by atoms with van der Waals surface area (Å²) in [5.74, 6) is 0.409. The quantitative estimate of drug-likeness (QED) is 0.926. The number of rotatable bonds is 4. The summed E-state index contributed by atoms with van der Waals surface area (Å²) in [7, 11) is 3.34. The van der Waals surface area contributed by atoms with Gasteiger partial charge in [-0.1, -0.05) is 12.1 Å². The van der Waals surface area contributed by atoms with E-state index >= 15 is 0 Å². The normalized spacial score (nSPS) is 17.4. The van der Waals surface area contributed by atoms with Gasteiger partial charge >= 0.3 is 0 Å². The van der Waals surface area contributed by atoms with Crippen LogP contribution in [0.1, 0.15) is 6.42 Å². The first-order valence-electron chi connectivity index (χ1n) is 7.32. The summed E-state index contributed by atoms with van der Waals surface area (Å²) in [6.45, 7) is 0.331. The van der Waals surface area contributed by atoms with E-state index in [-0.39, 0.29) is 18.2 Å². The Hall–Kier alpha value is -2.83. The van der Waals surface area contributed by atoms with Gasteiger partial charge in [-0.25, -0.2) is 0 Å². The molecule has 2 amide bonds. The number of anilines is 2. The molecule has 0 bridgehead atoms. The number of aromatic nitrogens is 2. The van der Waals surface area contributed by atoms with Crippen molar-refractivity contribution in [3.8, 4) is 5.75 Å². The minimum Gasteiger partial charge on any atom is -0.495 e. The number of para-hydroxylation sites is 2. The molecule has 1 aromatic heterocycles. The molecular formula is C16H18N4O3. The van der Waals surface area contributed by atoms with Crippen molar-refractivity contribution < 1.29 is 14.3 Å². The van der Waals surface area contributed by atoms with Crippen molar-refractivity contribution in [2.75, 3.05) is 23.9 Å². The highest BCUT2D eigenvalue weighted by Crippen LogP contribution is 2.32. The minimum atomic E-state index is -0.408. The highest BCUT2D eigenvalue weighted by atomic mass is 16.5. The number of methoxy groups -OCH3 is 1. The number of ether oxygens (including phenoxy) is 1.